The number of fused-ring (bicyclic) bond motifs is 1. The quantitative estimate of drug-likeness (QED) is 0.610. The molecule has 25 heavy (non-hydrogen) atoms. The molecule has 0 bridgehead atoms. The molecule has 0 fully saturated rings. The number of benzene rings is 2. The van der Waals surface area contributed by atoms with E-state index in [9.17, 15) is 14.9 Å². The summed E-state index contributed by atoms with van der Waals surface area (Å²) in [5, 5.41) is 11.4. The summed E-state index contributed by atoms with van der Waals surface area (Å²) < 4.78 is 5.61. The maximum absolute atomic E-state index is 12.9. The van der Waals surface area contributed by atoms with Crippen LogP contribution in [0.15, 0.2) is 42.5 Å². The number of anilines is 1. The SMILES string of the molecule is C[C@H](Oc1ccc(Cl)cc1[N+](=O)[O-])C(=O)N1c2ccccc2C[C@H]1C. The van der Waals surface area contributed by atoms with E-state index in [1.807, 2.05) is 31.2 Å². The van der Waals surface area contributed by atoms with E-state index in [2.05, 4.69) is 0 Å². The summed E-state index contributed by atoms with van der Waals surface area (Å²) in [5.41, 5.74) is 1.70. The van der Waals surface area contributed by atoms with Gasteiger partial charge in [0.25, 0.3) is 5.91 Å². The van der Waals surface area contributed by atoms with Gasteiger partial charge in [-0.25, -0.2) is 0 Å². The third-order valence-corrected chi connectivity index (χ3v) is 4.45. The highest BCUT2D eigenvalue weighted by Crippen LogP contribution is 2.34. The highest BCUT2D eigenvalue weighted by Gasteiger charge is 2.34. The number of para-hydroxylation sites is 1. The number of halogens is 1. The number of rotatable bonds is 4. The van der Waals surface area contributed by atoms with E-state index in [0.717, 1.165) is 17.7 Å². The third-order valence-electron chi connectivity index (χ3n) is 4.21. The smallest absolute Gasteiger partial charge is 0.312 e. The molecule has 1 aliphatic heterocycles. The Hall–Kier alpha value is -2.60. The molecule has 0 aliphatic carbocycles. The number of hydrogen-bond donors (Lipinski definition) is 0. The van der Waals surface area contributed by atoms with Crippen LogP contribution in [0.25, 0.3) is 0 Å². The number of carbonyl (C=O) groups is 1. The van der Waals surface area contributed by atoms with E-state index >= 15 is 0 Å². The second-order valence-electron chi connectivity index (χ2n) is 6.02. The lowest BCUT2D eigenvalue weighted by molar-refractivity contribution is -0.386. The first-order valence-electron chi connectivity index (χ1n) is 7.90. The molecule has 0 N–H and O–H groups in total. The zero-order chi connectivity index (χ0) is 18.1. The van der Waals surface area contributed by atoms with Crippen LogP contribution < -0.4 is 9.64 Å². The Morgan fingerprint density at radius 3 is 2.80 bits per heavy atom. The molecule has 0 radical (unpaired) electrons. The van der Waals surface area contributed by atoms with Crippen molar-refractivity contribution in [2.75, 3.05) is 4.90 Å². The first-order chi connectivity index (χ1) is 11.9. The summed E-state index contributed by atoms with van der Waals surface area (Å²) in [5.74, 6) is -0.211. The van der Waals surface area contributed by atoms with Crippen molar-refractivity contribution in [1.82, 2.24) is 0 Å². The average Bonchev–Trinajstić information content (AvgIpc) is 2.91. The molecular weight excluding hydrogens is 344 g/mol. The zero-order valence-electron chi connectivity index (χ0n) is 13.8. The van der Waals surface area contributed by atoms with Crippen LogP contribution in [0.1, 0.15) is 19.4 Å². The molecule has 1 heterocycles. The van der Waals surface area contributed by atoms with Gasteiger partial charge in [0.1, 0.15) is 0 Å². The molecule has 3 rings (SSSR count). The highest BCUT2D eigenvalue weighted by atomic mass is 35.5. The van der Waals surface area contributed by atoms with Gasteiger partial charge in [0.15, 0.2) is 11.9 Å². The minimum absolute atomic E-state index is 0.0103. The van der Waals surface area contributed by atoms with Gasteiger partial charge in [-0.2, -0.15) is 0 Å². The van der Waals surface area contributed by atoms with Gasteiger partial charge in [0.05, 0.1) is 4.92 Å². The normalized spacial score (nSPS) is 17.1. The monoisotopic (exact) mass is 360 g/mol. The van der Waals surface area contributed by atoms with E-state index in [1.54, 1.807) is 11.8 Å². The lowest BCUT2D eigenvalue weighted by Gasteiger charge is -2.26. The molecule has 0 saturated carbocycles. The fourth-order valence-electron chi connectivity index (χ4n) is 3.07. The van der Waals surface area contributed by atoms with Gasteiger partial charge in [-0.05, 0) is 44.0 Å². The summed E-state index contributed by atoms with van der Waals surface area (Å²) >= 11 is 5.80. The van der Waals surface area contributed by atoms with Crippen molar-refractivity contribution in [3.05, 3.63) is 63.2 Å². The molecule has 0 saturated heterocycles. The van der Waals surface area contributed by atoms with E-state index < -0.39 is 11.0 Å². The van der Waals surface area contributed by atoms with Crippen molar-refractivity contribution in [2.24, 2.45) is 0 Å². The molecule has 0 unspecified atom stereocenters. The Morgan fingerprint density at radius 1 is 1.36 bits per heavy atom. The molecule has 7 heteroatoms. The van der Waals surface area contributed by atoms with Crippen LogP contribution in [-0.4, -0.2) is 23.0 Å². The zero-order valence-corrected chi connectivity index (χ0v) is 14.6. The summed E-state index contributed by atoms with van der Waals surface area (Å²) in [6.45, 7) is 3.56. The molecule has 2 atom stereocenters. The van der Waals surface area contributed by atoms with Crippen LogP contribution in [0.3, 0.4) is 0 Å². The van der Waals surface area contributed by atoms with Crippen molar-refractivity contribution < 1.29 is 14.5 Å². The van der Waals surface area contributed by atoms with Crippen molar-refractivity contribution in [3.63, 3.8) is 0 Å². The van der Waals surface area contributed by atoms with E-state index in [0.29, 0.717) is 0 Å². The number of nitrogens with zero attached hydrogens (tertiary/aromatic N) is 2. The summed E-state index contributed by atoms with van der Waals surface area (Å²) in [7, 11) is 0. The lowest BCUT2D eigenvalue weighted by atomic mass is 10.1. The first-order valence-corrected chi connectivity index (χ1v) is 8.28. The topological polar surface area (TPSA) is 72.7 Å². The van der Waals surface area contributed by atoms with Crippen LogP contribution >= 0.6 is 11.6 Å². The number of amides is 1. The van der Waals surface area contributed by atoms with Crippen LogP contribution in [0, 0.1) is 10.1 Å². The summed E-state index contributed by atoms with van der Waals surface area (Å²) in [6, 6.07) is 11.8. The van der Waals surface area contributed by atoms with Crippen LogP contribution in [0.4, 0.5) is 11.4 Å². The number of ether oxygens (including phenoxy) is 1. The van der Waals surface area contributed by atoms with E-state index in [4.69, 9.17) is 16.3 Å². The molecular formula is C18H17ClN2O4. The van der Waals surface area contributed by atoms with Crippen LogP contribution in [0.5, 0.6) is 5.75 Å². The maximum Gasteiger partial charge on any atom is 0.312 e. The maximum atomic E-state index is 12.9. The summed E-state index contributed by atoms with van der Waals surface area (Å²) in [4.78, 5) is 25.2. The van der Waals surface area contributed by atoms with Gasteiger partial charge in [0.2, 0.25) is 0 Å². The fourth-order valence-corrected chi connectivity index (χ4v) is 3.24. The number of hydrogen-bond acceptors (Lipinski definition) is 4. The second kappa shape index (κ2) is 6.72. The molecule has 130 valence electrons. The molecule has 1 amide bonds. The Bertz CT molecular complexity index is 840. The minimum Gasteiger partial charge on any atom is -0.474 e. The lowest BCUT2D eigenvalue weighted by Crippen LogP contribution is -2.43. The summed E-state index contributed by atoms with van der Waals surface area (Å²) in [6.07, 6.45) is -0.0936. The molecule has 0 spiro atoms. The largest absolute Gasteiger partial charge is 0.474 e. The predicted molar refractivity (Wildman–Crippen MR) is 95.3 cm³/mol. The van der Waals surface area contributed by atoms with Gasteiger partial charge in [0, 0.05) is 22.8 Å². The van der Waals surface area contributed by atoms with Crippen molar-refractivity contribution in [3.8, 4) is 5.75 Å². The first kappa shape index (κ1) is 17.2. The van der Waals surface area contributed by atoms with E-state index in [-0.39, 0.29) is 28.4 Å². The Balaban J connectivity index is 1.84. The van der Waals surface area contributed by atoms with Gasteiger partial charge >= 0.3 is 5.69 Å². The Morgan fingerprint density at radius 2 is 2.08 bits per heavy atom. The molecule has 2 aromatic carbocycles. The number of nitro benzene ring substituents is 1. The molecule has 6 nitrogen and oxygen atoms in total. The number of nitro groups is 1. The van der Waals surface area contributed by atoms with Crippen molar-refractivity contribution in [1.29, 1.82) is 0 Å². The van der Waals surface area contributed by atoms with Crippen LogP contribution in [0.2, 0.25) is 5.02 Å². The molecule has 1 aliphatic rings. The van der Waals surface area contributed by atoms with Gasteiger partial charge in [-0.1, -0.05) is 29.8 Å². The second-order valence-corrected chi connectivity index (χ2v) is 6.46. The molecule has 2 aromatic rings. The Labute approximate surface area is 150 Å². The van der Waals surface area contributed by atoms with Crippen LogP contribution in [-0.2, 0) is 11.2 Å². The Kier molecular flexibility index (Phi) is 4.63. The third kappa shape index (κ3) is 3.30. The standard InChI is InChI=1S/C18H17ClN2O4/c1-11-9-13-5-3-4-6-15(13)20(11)18(22)12(2)25-17-8-7-14(19)10-16(17)21(23)24/h3-8,10-12H,9H2,1-2H3/t11-,12+/m1/s1. The van der Waals surface area contributed by atoms with Gasteiger partial charge in [-0.15, -0.1) is 0 Å². The highest BCUT2D eigenvalue weighted by molar-refractivity contribution is 6.30. The minimum atomic E-state index is -0.867. The predicted octanol–water partition coefficient (Wildman–Crippen LogP) is 3.99. The van der Waals surface area contributed by atoms with Gasteiger partial charge < -0.3 is 9.64 Å². The van der Waals surface area contributed by atoms with E-state index in [1.165, 1.54) is 18.2 Å². The molecule has 0 aromatic heterocycles. The number of carbonyl (C=O) groups excluding carboxylic acids is 1. The van der Waals surface area contributed by atoms with Crippen molar-refractivity contribution >= 4 is 28.9 Å². The average molecular weight is 361 g/mol. The van der Waals surface area contributed by atoms with Crippen molar-refractivity contribution in [2.45, 2.75) is 32.4 Å². The van der Waals surface area contributed by atoms with Gasteiger partial charge in [-0.3, -0.25) is 14.9 Å². The fraction of sp³-hybridized carbons (Fsp3) is 0.278.